The van der Waals surface area contributed by atoms with Crippen molar-refractivity contribution in [2.75, 3.05) is 14.2 Å². The molecule has 0 saturated carbocycles. The Hall–Kier alpha value is -0.810. The van der Waals surface area contributed by atoms with Gasteiger partial charge in [0.2, 0.25) is 6.29 Å². The van der Waals surface area contributed by atoms with E-state index in [1.165, 1.54) is 14.2 Å². The van der Waals surface area contributed by atoms with Crippen LogP contribution in [0, 0.1) is 0 Å². The maximum atomic E-state index is 8.36. The van der Waals surface area contributed by atoms with Crippen molar-refractivity contribution in [3.63, 3.8) is 0 Å². The molecular weight excluding hydrogens is 126 g/mol. The van der Waals surface area contributed by atoms with Crippen molar-refractivity contribution in [1.29, 1.82) is 0 Å². The Morgan fingerprint density at radius 3 is 2.11 bits per heavy atom. The molecule has 0 rings (SSSR count). The highest BCUT2D eigenvalue weighted by molar-refractivity contribution is 5.78. The Morgan fingerprint density at radius 2 is 2.00 bits per heavy atom. The minimum Gasteiger partial charge on any atom is -0.478 e. The van der Waals surface area contributed by atoms with Crippen LogP contribution >= 0.6 is 0 Å². The maximum absolute atomic E-state index is 8.36. The van der Waals surface area contributed by atoms with E-state index in [1.54, 1.807) is 0 Å². The summed E-state index contributed by atoms with van der Waals surface area (Å²) >= 11 is 0. The monoisotopic (exact) mass is 135 g/mol. The van der Waals surface area contributed by atoms with Crippen LogP contribution in [0.1, 0.15) is 0 Å². The summed E-state index contributed by atoms with van der Waals surface area (Å²) in [7, 11) is 2.54. The van der Waals surface area contributed by atoms with Crippen LogP contribution in [-0.4, -0.2) is 36.6 Å². The van der Waals surface area contributed by atoms with Crippen LogP contribution in [0.15, 0.2) is 5.16 Å². The van der Waals surface area contributed by atoms with E-state index in [9.17, 15) is 0 Å². The molecule has 0 heterocycles. The Labute approximate surface area is 52.5 Å². The Morgan fingerprint density at radius 1 is 1.44 bits per heavy atom. The summed E-state index contributed by atoms with van der Waals surface area (Å²) in [4.78, 5) is 4.20. The highest BCUT2D eigenvalue weighted by atomic mass is 16.6. The first-order valence-corrected chi connectivity index (χ1v) is 2.23. The van der Waals surface area contributed by atoms with Crippen LogP contribution in [0.4, 0.5) is 0 Å². The molecule has 0 aromatic carbocycles. The highest BCUT2D eigenvalue weighted by Crippen LogP contribution is 1.85. The van der Waals surface area contributed by atoms with Crippen LogP contribution < -0.4 is 0 Å². The standard InChI is InChI=1S/C4H9NO4/c1-8-3(4(6)7)5-9-2/h4,6-7H,1-2H3. The molecule has 0 unspecified atom stereocenters. The van der Waals surface area contributed by atoms with Gasteiger partial charge in [0, 0.05) is 0 Å². The van der Waals surface area contributed by atoms with Crippen LogP contribution in [0.3, 0.4) is 0 Å². The average Bonchev–Trinajstić information content (AvgIpc) is 1.82. The first-order chi connectivity index (χ1) is 4.22. The van der Waals surface area contributed by atoms with Gasteiger partial charge in [-0.3, -0.25) is 0 Å². The molecule has 0 aliphatic carbocycles. The van der Waals surface area contributed by atoms with Gasteiger partial charge in [-0.1, -0.05) is 0 Å². The van der Waals surface area contributed by atoms with E-state index in [0.29, 0.717) is 0 Å². The number of nitrogens with zero attached hydrogens (tertiary/aromatic N) is 1. The second-order valence-electron chi connectivity index (χ2n) is 1.19. The Bertz CT molecular complexity index is 101. The maximum Gasteiger partial charge on any atom is 0.282 e. The first kappa shape index (κ1) is 8.19. The molecule has 0 spiro atoms. The van der Waals surface area contributed by atoms with Crippen molar-refractivity contribution in [1.82, 2.24) is 0 Å². The lowest BCUT2D eigenvalue weighted by atomic mass is 10.6. The molecule has 5 heteroatoms. The molecule has 5 nitrogen and oxygen atoms in total. The van der Waals surface area contributed by atoms with Gasteiger partial charge >= 0.3 is 0 Å². The lowest BCUT2D eigenvalue weighted by molar-refractivity contribution is -0.00254. The van der Waals surface area contributed by atoms with E-state index in [4.69, 9.17) is 10.2 Å². The molecule has 0 amide bonds. The zero-order valence-electron chi connectivity index (χ0n) is 5.24. The normalized spacial score (nSPS) is 11.9. The van der Waals surface area contributed by atoms with Gasteiger partial charge in [0.1, 0.15) is 7.11 Å². The molecule has 54 valence electrons. The molecule has 0 saturated heterocycles. The van der Waals surface area contributed by atoms with Crippen molar-refractivity contribution in [2.24, 2.45) is 5.16 Å². The van der Waals surface area contributed by atoms with Crippen molar-refractivity contribution >= 4 is 5.90 Å². The largest absolute Gasteiger partial charge is 0.478 e. The van der Waals surface area contributed by atoms with E-state index in [-0.39, 0.29) is 5.90 Å². The van der Waals surface area contributed by atoms with Crippen molar-refractivity contribution < 1.29 is 19.8 Å². The number of hydrogen-bond donors (Lipinski definition) is 2. The number of oxime groups is 1. The van der Waals surface area contributed by atoms with Gasteiger partial charge in [-0.25, -0.2) is 0 Å². The van der Waals surface area contributed by atoms with Gasteiger partial charge in [-0.2, -0.15) is 0 Å². The fraction of sp³-hybridized carbons (Fsp3) is 0.750. The van der Waals surface area contributed by atoms with E-state index >= 15 is 0 Å². The topological polar surface area (TPSA) is 71.3 Å². The molecule has 9 heavy (non-hydrogen) atoms. The van der Waals surface area contributed by atoms with E-state index in [1.807, 2.05) is 0 Å². The Kier molecular flexibility index (Phi) is 3.74. The van der Waals surface area contributed by atoms with E-state index < -0.39 is 6.29 Å². The predicted octanol–water partition coefficient (Wildman–Crippen LogP) is -1.10. The summed E-state index contributed by atoms with van der Waals surface area (Å²) in [5.74, 6) is -0.266. The van der Waals surface area contributed by atoms with Crippen LogP contribution in [0.2, 0.25) is 0 Å². The smallest absolute Gasteiger partial charge is 0.282 e. The minimum absolute atomic E-state index is 0.266. The summed E-state index contributed by atoms with van der Waals surface area (Å²) < 4.78 is 4.38. The Balaban J connectivity index is 3.81. The fourth-order valence-corrected chi connectivity index (χ4v) is 0.280. The first-order valence-electron chi connectivity index (χ1n) is 2.23. The van der Waals surface area contributed by atoms with Crippen molar-refractivity contribution in [3.8, 4) is 0 Å². The molecule has 0 bridgehead atoms. The van der Waals surface area contributed by atoms with Gasteiger partial charge < -0.3 is 19.8 Å². The minimum atomic E-state index is -1.71. The summed E-state index contributed by atoms with van der Waals surface area (Å²) in [6, 6.07) is 0. The lowest BCUT2D eigenvalue weighted by Crippen LogP contribution is -2.21. The summed E-state index contributed by atoms with van der Waals surface area (Å²) in [6.45, 7) is 0. The molecule has 0 aliphatic rings. The van der Waals surface area contributed by atoms with Gasteiger partial charge in [0.15, 0.2) is 0 Å². The zero-order chi connectivity index (χ0) is 7.28. The number of rotatable bonds is 2. The lowest BCUT2D eigenvalue weighted by Gasteiger charge is -2.03. The summed E-state index contributed by atoms with van der Waals surface area (Å²) in [5, 5.41) is 19.9. The van der Waals surface area contributed by atoms with Gasteiger partial charge in [0.25, 0.3) is 5.90 Å². The summed E-state index contributed by atoms with van der Waals surface area (Å²) in [6.07, 6.45) is -1.71. The average molecular weight is 135 g/mol. The third-order valence-corrected chi connectivity index (χ3v) is 0.611. The molecule has 0 radical (unpaired) electrons. The zero-order valence-corrected chi connectivity index (χ0v) is 5.24. The van der Waals surface area contributed by atoms with Crippen LogP contribution in [0.5, 0.6) is 0 Å². The second kappa shape index (κ2) is 4.11. The molecule has 2 N–H and O–H groups in total. The third kappa shape index (κ3) is 2.89. The SMILES string of the molecule is CON=C(OC)C(O)O. The van der Waals surface area contributed by atoms with Gasteiger partial charge in [-0.15, -0.1) is 0 Å². The van der Waals surface area contributed by atoms with E-state index in [2.05, 4.69) is 14.7 Å². The number of ether oxygens (including phenoxy) is 1. The molecule has 0 atom stereocenters. The predicted molar refractivity (Wildman–Crippen MR) is 29.7 cm³/mol. The molecule has 0 aromatic heterocycles. The van der Waals surface area contributed by atoms with Gasteiger partial charge in [0.05, 0.1) is 7.11 Å². The van der Waals surface area contributed by atoms with Crippen LogP contribution in [0.25, 0.3) is 0 Å². The number of methoxy groups -OCH3 is 1. The highest BCUT2D eigenvalue weighted by Gasteiger charge is 2.07. The molecule has 0 aliphatic heterocycles. The quantitative estimate of drug-likeness (QED) is 0.218. The van der Waals surface area contributed by atoms with Crippen molar-refractivity contribution in [3.05, 3.63) is 0 Å². The van der Waals surface area contributed by atoms with Crippen LogP contribution in [-0.2, 0) is 9.57 Å². The molecule has 0 fully saturated rings. The summed E-state index contributed by atoms with van der Waals surface area (Å²) in [5.41, 5.74) is 0. The second-order valence-corrected chi connectivity index (χ2v) is 1.19. The van der Waals surface area contributed by atoms with E-state index in [0.717, 1.165) is 0 Å². The molecule has 0 aromatic rings. The molecular formula is C4H9NO4. The number of aliphatic hydroxyl groups excluding tert-OH is 1. The third-order valence-electron chi connectivity index (χ3n) is 0.611. The number of hydrogen-bond acceptors (Lipinski definition) is 5. The van der Waals surface area contributed by atoms with Crippen molar-refractivity contribution in [2.45, 2.75) is 6.29 Å². The number of aliphatic hydroxyl groups is 2. The van der Waals surface area contributed by atoms with Gasteiger partial charge in [-0.05, 0) is 5.16 Å². The fourth-order valence-electron chi connectivity index (χ4n) is 0.280.